The van der Waals surface area contributed by atoms with Crippen LogP contribution in [0.15, 0.2) is 0 Å². The smallest absolute Gasteiger partial charge is 0.302 e. The van der Waals surface area contributed by atoms with Crippen molar-refractivity contribution in [2.45, 2.75) is 84.7 Å². The summed E-state index contributed by atoms with van der Waals surface area (Å²) in [5, 5.41) is 0. The fourth-order valence-electron chi connectivity index (χ4n) is 7.64. The topological polar surface area (TPSA) is 69.7 Å². The van der Waals surface area contributed by atoms with Crippen LogP contribution in [0.2, 0.25) is 0 Å². The van der Waals surface area contributed by atoms with Crippen LogP contribution in [0, 0.1) is 34.5 Å². The molecule has 0 N–H and O–H groups in total. The molecule has 0 spiro atoms. The van der Waals surface area contributed by atoms with Crippen molar-refractivity contribution in [3.05, 3.63) is 0 Å². The lowest BCUT2D eigenvalue weighted by molar-refractivity contribution is -0.167. The first kappa shape index (κ1) is 19.9. The van der Waals surface area contributed by atoms with Crippen molar-refractivity contribution >= 4 is 17.7 Å². The van der Waals surface area contributed by atoms with Gasteiger partial charge in [-0.15, -0.1) is 0 Å². The standard InChI is InChI=1S/C23H34O5/c1-14(24)27-13-23-11-9-19-18(20(23)6-7-21(23)26)5-4-16-12-17(28-15(2)25)8-10-22(16,19)3/h16-20H,4-13H2,1-3H3. The van der Waals surface area contributed by atoms with Gasteiger partial charge in [-0.25, -0.2) is 0 Å². The molecule has 4 rings (SSSR count). The Hall–Kier alpha value is -1.39. The Labute approximate surface area is 167 Å². The highest BCUT2D eigenvalue weighted by molar-refractivity contribution is 5.88. The molecule has 4 aliphatic rings. The van der Waals surface area contributed by atoms with Crippen LogP contribution in [0.5, 0.6) is 0 Å². The molecule has 4 saturated carbocycles. The number of ketones is 1. The van der Waals surface area contributed by atoms with Crippen molar-refractivity contribution < 1.29 is 23.9 Å². The van der Waals surface area contributed by atoms with Gasteiger partial charge in [0.1, 0.15) is 18.5 Å². The van der Waals surface area contributed by atoms with Gasteiger partial charge in [0, 0.05) is 20.3 Å². The van der Waals surface area contributed by atoms with Gasteiger partial charge >= 0.3 is 11.9 Å². The zero-order valence-electron chi connectivity index (χ0n) is 17.5. The van der Waals surface area contributed by atoms with E-state index in [9.17, 15) is 14.4 Å². The van der Waals surface area contributed by atoms with Gasteiger partial charge in [0.15, 0.2) is 0 Å². The van der Waals surface area contributed by atoms with Crippen molar-refractivity contribution in [3.8, 4) is 0 Å². The molecule has 4 fully saturated rings. The van der Waals surface area contributed by atoms with Crippen LogP contribution >= 0.6 is 0 Å². The molecule has 7 atom stereocenters. The molecule has 0 aliphatic heterocycles. The maximum absolute atomic E-state index is 12.9. The number of hydrogen-bond donors (Lipinski definition) is 0. The Bertz CT molecular complexity index is 672. The molecule has 0 radical (unpaired) electrons. The monoisotopic (exact) mass is 390 g/mol. The second-order valence-electron chi connectivity index (χ2n) is 10.1. The molecule has 0 aromatic carbocycles. The summed E-state index contributed by atoms with van der Waals surface area (Å²) in [4.78, 5) is 35.7. The number of fused-ring (bicyclic) bond motifs is 5. The highest BCUT2D eigenvalue weighted by atomic mass is 16.5. The Morgan fingerprint density at radius 3 is 2.50 bits per heavy atom. The van der Waals surface area contributed by atoms with Gasteiger partial charge in [0.25, 0.3) is 0 Å². The molecule has 0 heterocycles. The molecule has 0 amide bonds. The number of esters is 2. The Kier molecular flexibility index (Phi) is 5.08. The Morgan fingerprint density at radius 1 is 1.00 bits per heavy atom. The first-order chi connectivity index (χ1) is 13.3. The lowest BCUT2D eigenvalue weighted by Gasteiger charge is -2.60. The van der Waals surface area contributed by atoms with Crippen LogP contribution in [0.25, 0.3) is 0 Å². The molecule has 156 valence electrons. The van der Waals surface area contributed by atoms with Crippen molar-refractivity contribution in [1.82, 2.24) is 0 Å². The lowest BCUT2D eigenvalue weighted by atomic mass is 9.45. The third-order valence-electron chi connectivity index (χ3n) is 8.93. The highest BCUT2D eigenvalue weighted by Gasteiger charge is 2.62. The molecule has 0 bridgehead atoms. The van der Waals surface area contributed by atoms with Gasteiger partial charge in [-0.2, -0.15) is 0 Å². The third kappa shape index (κ3) is 3.09. The zero-order valence-corrected chi connectivity index (χ0v) is 17.5. The summed E-state index contributed by atoms with van der Waals surface area (Å²) >= 11 is 0. The summed E-state index contributed by atoms with van der Waals surface area (Å²) in [6.07, 6.45) is 8.95. The quantitative estimate of drug-likeness (QED) is 0.679. The fourth-order valence-corrected chi connectivity index (χ4v) is 7.64. The van der Waals surface area contributed by atoms with E-state index in [1.165, 1.54) is 13.8 Å². The highest BCUT2D eigenvalue weighted by Crippen LogP contribution is 2.65. The van der Waals surface area contributed by atoms with E-state index in [1.54, 1.807) is 0 Å². The minimum atomic E-state index is -0.426. The summed E-state index contributed by atoms with van der Waals surface area (Å²) in [6, 6.07) is 0. The molecular weight excluding hydrogens is 356 g/mol. The summed E-state index contributed by atoms with van der Waals surface area (Å²) in [5.41, 5.74) is -0.149. The van der Waals surface area contributed by atoms with Gasteiger partial charge < -0.3 is 9.47 Å². The van der Waals surface area contributed by atoms with E-state index in [2.05, 4.69) is 6.92 Å². The van der Waals surface area contributed by atoms with E-state index < -0.39 is 5.41 Å². The summed E-state index contributed by atoms with van der Waals surface area (Å²) in [6.45, 7) is 5.67. The average molecular weight is 391 g/mol. The molecule has 7 unspecified atom stereocenters. The number of carbonyl (C=O) groups is 3. The van der Waals surface area contributed by atoms with Crippen molar-refractivity contribution in [2.24, 2.45) is 34.5 Å². The Balaban J connectivity index is 1.54. The molecule has 0 aromatic rings. The average Bonchev–Trinajstić information content (AvgIpc) is 2.97. The molecule has 5 nitrogen and oxygen atoms in total. The normalized spacial score (nSPS) is 44.8. The van der Waals surface area contributed by atoms with Crippen LogP contribution in [0.3, 0.4) is 0 Å². The summed E-state index contributed by atoms with van der Waals surface area (Å²) in [5.74, 6) is 2.03. The predicted molar refractivity (Wildman–Crippen MR) is 103 cm³/mol. The summed E-state index contributed by atoms with van der Waals surface area (Å²) < 4.78 is 11.0. The minimum absolute atomic E-state index is 0.0758. The van der Waals surface area contributed by atoms with E-state index in [-0.39, 0.29) is 30.1 Å². The maximum atomic E-state index is 12.9. The van der Waals surface area contributed by atoms with Crippen LogP contribution in [0.1, 0.15) is 78.6 Å². The number of ether oxygens (including phenoxy) is 2. The molecular formula is C23H34O5. The van der Waals surface area contributed by atoms with E-state index in [1.807, 2.05) is 0 Å². The van der Waals surface area contributed by atoms with Crippen LogP contribution in [-0.4, -0.2) is 30.4 Å². The van der Waals surface area contributed by atoms with Crippen molar-refractivity contribution in [3.63, 3.8) is 0 Å². The Morgan fingerprint density at radius 2 is 1.79 bits per heavy atom. The van der Waals surface area contributed by atoms with E-state index in [0.717, 1.165) is 51.4 Å². The number of Topliss-reactive ketones (excluding diaryl/α,β-unsaturated/α-hetero) is 1. The lowest BCUT2D eigenvalue weighted by Crippen LogP contribution is -2.55. The van der Waals surface area contributed by atoms with Gasteiger partial charge in [-0.05, 0) is 80.5 Å². The maximum Gasteiger partial charge on any atom is 0.302 e. The third-order valence-corrected chi connectivity index (χ3v) is 8.93. The second kappa shape index (κ2) is 7.14. The molecule has 5 heteroatoms. The van der Waals surface area contributed by atoms with Crippen LogP contribution in [-0.2, 0) is 23.9 Å². The van der Waals surface area contributed by atoms with Crippen LogP contribution in [0.4, 0.5) is 0 Å². The number of hydrogen-bond acceptors (Lipinski definition) is 5. The van der Waals surface area contributed by atoms with Gasteiger partial charge in [-0.1, -0.05) is 6.92 Å². The van der Waals surface area contributed by atoms with Crippen molar-refractivity contribution in [2.75, 3.05) is 6.61 Å². The molecule has 4 aliphatic carbocycles. The molecule has 0 saturated heterocycles. The van der Waals surface area contributed by atoms with Gasteiger partial charge in [0.2, 0.25) is 0 Å². The molecule has 0 aromatic heterocycles. The molecule has 28 heavy (non-hydrogen) atoms. The second-order valence-corrected chi connectivity index (χ2v) is 10.1. The first-order valence-electron chi connectivity index (χ1n) is 11.1. The van der Waals surface area contributed by atoms with Crippen molar-refractivity contribution in [1.29, 1.82) is 0 Å². The largest absolute Gasteiger partial charge is 0.465 e. The number of carbonyl (C=O) groups excluding carboxylic acids is 3. The van der Waals surface area contributed by atoms with Crippen LogP contribution < -0.4 is 0 Å². The van der Waals surface area contributed by atoms with E-state index >= 15 is 0 Å². The zero-order chi connectivity index (χ0) is 20.1. The van der Waals surface area contributed by atoms with E-state index in [0.29, 0.717) is 35.9 Å². The predicted octanol–water partition coefficient (Wildman–Crippen LogP) is 4.07. The minimum Gasteiger partial charge on any atom is -0.465 e. The SMILES string of the molecule is CC(=O)OCC12CCC3C(CCC4CC(OC(C)=O)CCC43C)C1CCC2=O. The first-order valence-corrected chi connectivity index (χ1v) is 11.1. The van der Waals surface area contributed by atoms with E-state index in [4.69, 9.17) is 9.47 Å². The van der Waals surface area contributed by atoms with Gasteiger partial charge in [-0.3, -0.25) is 14.4 Å². The summed E-state index contributed by atoms with van der Waals surface area (Å²) in [7, 11) is 0. The van der Waals surface area contributed by atoms with Gasteiger partial charge in [0.05, 0.1) is 5.41 Å². The number of rotatable bonds is 3. The fraction of sp³-hybridized carbons (Fsp3) is 0.870.